The number of hydrogen-bond acceptors (Lipinski definition) is 5. The number of carbonyl (C=O) groups excluding carboxylic acids is 2. The number of ether oxygens (including phenoxy) is 3. The number of amides is 2. The zero-order valence-corrected chi connectivity index (χ0v) is 17.0. The van der Waals surface area contributed by atoms with Crippen LogP contribution in [-0.4, -0.2) is 57.2 Å². The second-order valence-electron chi connectivity index (χ2n) is 7.70. The van der Waals surface area contributed by atoms with Crippen LogP contribution >= 0.6 is 0 Å². The fraction of sp³-hybridized carbons (Fsp3) is 0.600. The van der Waals surface area contributed by atoms with E-state index in [0.717, 1.165) is 12.8 Å². The van der Waals surface area contributed by atoms with Gasteiger partial charge in [-0.1, -0.05) is 20.8 Å². The first-order valence-corrected chi connectivity index (χ1v) is 9.11. The van der Waals surface area contributed by atoms with Crippen molar-refractivity contribution in [3.63, 3.8) is 0 Å². The van der Waals surface area contributed by atoms with Crippen LogP contribution < -0.4 is 19.5 Å². The lowest BCUT2D eigenvalue weighted by Crippen LogP contribution is -2.49. The summed E-state index contributed by atoms with van der Waals surface area (Å²) in [6, 6.07) is 3.43. The maximum Gasteiger partial charge on any atom is 0.254 e. The van der Waals surface area contributed by atoms with Crippen molar-refractivity contribution < 1.29 is 23.8 Å². The minimum Gasteiger partial charge on any atom is -0.493 e. The van der Waals surface area contributed by atoms with Crippen LogP contribution in [-0.2, 0) is 4.79 Å². The molecule has 0 saturated carbocycles. The quantitative estimate of drug-likeness (QED) is 0.852. The van der Waals surface area contributed by atoms with Gasteiger partial charge < -0.3 is 24.4 Å². The Morgan fingerprint density at radius 2 is 1.52 bits per heavy atom. The second kappa shape index (κ2) is 8.50. The maximum atomic E-state index is 12.9. The monoisotopic (exact) mass is 378 g/mol. The van der Waals surface area contributed by atoms with Gasteiger partial charge in [0.2, 0.25) is 11.7 Å². The van der Waals surface area contributed by atoms with Crippen molar-refractivity contribution in [3.8, 4) is 17.2 Å². The van der Waals surface area contributed by atoms with Crippen LogP contribution in [0.2, 0.25) is 0 Å². The molecular formula is C20H30N2O5. The summed E-state index contributed by atoms with van der Waals surface area (Å²) in [4.78, 5) is 26.8. The minimum absolute atomic E-state index is 0.0388. The third kappa shape index (κ3) is 4.84. The Bertz CT molecular complexity index is 663. The Morgan fingerprint density at radius 1 is 1.00 bits per heavy atom. The molecule has 1 aliphatic heterocycles. The maximum absolute atomic E-state index is 12.9. The fourth-order valence-electron chi connectivity index (χ4n) is 3.02. The highest BCUT2D eigenvalue weighted by Gasteiger charge is 2.29. The average molecular weight is 378 g/mol. The van der Waals surface area contributed by atoms with E-state index in [1.165, 1.54) is 21.3 Å². The summed E-state index contributed by atoms with van der Waals surface area (Å²) in [5, 5.41) is 3.08. The van der Waals surface area contributed by atoms with Crippen molar-refractivity contribution in [3.05, 3.63) is 17.7 Å². The number of nitrogens with zero attached hydrogens (tertiary/aromatic N) is 1. The van der Waals surface area contributed by atoms with E-state index >= 15 is 0 Å². The number of likely N-dealkylation sites (tertiary alicyclic amines) is 1. The molecule has 0 bridgehead atoms. The van der Waals surface area contributed by atoms with E-state index in [1.54, 1.807) is 17.0 Å². The zero-order chi connectivity index (χ0) is 20.2. The van der Waals surface area contributed by atoms with Gasteiger partial charge in [-0.3, -0.25) is 9.59 Å². The SMILES string of the molecule is COc1cc(C(=O)N2CCC(NC(=O)C(C)(C)C)CC2)cc(OC)c1OC. The molecule has 1 saturated heterocycles. The Hall–Kier alpha value is -2.44. The molecule has 27 heavy (non-hydrogen) atoms. The van der Waals surface area contributed by atoms with Gasteiger partial charge in [0.1, 0.15) is 0 Å². The molecule has 1 aliphatic rings. The van der Waals surface area contributed by atoms with Crippen LogP contribution in [0.15, 0.2) is 12.1 Å². The average Bonchev–Trinajstić information content (AvgIpc) is 2.65. The number of hydrogen-bond donors (Lipinski definition) is 1. The molecule has 0 atom stereocenters. The normalized spacial score (nSPS) is 15.3. The highest BCUT2D eigenvalue weighted by Crippen LogP contribution is 2.38. The molecule has 2 rings (SSSR count). The number of carbonyl (C=O) groups is 2. The summed E-state index contributed by atoms with van der Waals surface area (Å²) in [6.07, 6.45) is 1.47. The van der Waals surface area contributed by atoms with E-state index in [4.69, 9.17) is 14.2 Å². The first kappa shape index (κ1) is 20.9. The largest absolute Gasteiger partial charge is 0.493 e. The summed E-state index contributed by atoms with van der Waals surface area (Å²) < 4.78 is 16.0. The van der Waals surface area contributed by atoms with Gasteiger partial charge in [0.05, 0.1) is 21.3 Å². The number of rotatable bonds is 5. The van der Waals surface area contributed by atoms with Crippen molar-refractivity contribution in [2.45, 2.75) is 39.7 Å². The van der Waals surface area contributed by atoms with E-state index in [-0.39, 0.29) is 17.9 Å². The molecule has 150 valence electrons. The molecule has 7 nitrogen and oxygen atoms in total. The molecule has 1 heterocycles. The molecule has 0 spiro atoms. The van der Waals surface area contributed by atoms with Gasteiger partial charge in [-0.15, -0.1) is 0 Å². The van der Waals surface area contributed by atoms with Crippen LogP contribution in [0.1, 0.15) is 44.0 Å². The summed E-state index contributed by atoms with van der Waals surface area (Å²) in [5.41, 5.74) is 0.0741. The summed E-state index contributed by atoms with van der Waals surface area (Å²) in [6.45, 7) is 6.86. The first-order chi connectivity index (χ1) is 12.7. The van der Waals surface area contributed by atoms with E-state index in [2.05, 4.69) is 5.32 Å². The fourth-order valence-corrected chi connectivity index (χ4v) is 3.02. The predicted octanol–water partition coefficient (Wildman–Crippen LogP) is 2.48. The van der Waals surface area contributed by atoms with E-state index in [1.807, 2.05) is 20.8 Å². The summed E-state index contributed by atoms with van der Waals surface area (Å²) in [5.74, 6) is 1.31. The lowest BCUT2D eigenvalue weighted by molar-refractivity contribution is -0.129. The molecule has 0 unspecified atom stereocenters. The van der Waals surface area contributed by atoms with Gasteiger partial charge in [0.15, 0.2) is 11.5 Å². The topological polar surface area (TPSA) is 77.1 Å². The molecule has 1 aromatic rings. The molecule has 0 aliphatic carbocycles. The third-order valence-electron chi connectivity index (χ3n) is 4.71. The summed E-state index contributed by atoms with van der Waals surface area (Å²) >= 11 is 0. The van der Waals surface area contributed by atoms with Crippen molar-refractivity contribution >= 4 is 11.8 Å². The predicted molar refractivity (Wildman–Crippen MR) is 103 cm³/mol. The van der Waals surface area contributed by atoms with Gasteiger partial charge in [-0.05, 0) is 25.0 Å². The Labute approximate surface area is 161 Å². The highest BCUT2D eigenvalue weighted by atomic mass is 16.5. The van der Waals surface area contributed by atoms with Gasteiger partial charge in [0, 0.05) is 30.1 Å². The summed E-state index contributed by atoms with van der Waals surface area (Å²) in [7, 11) is 4.57. The Balaban J connectivity index is 2.07. The van der Waals surface area contributed by atoms with Crippen molar-refractivity contribution in [2.75, 3.05) is 34.4 Å². The number of benzene rings is 1. The molecule has 7 heteroatoms. The van der Waals surface area contributed by atoms with Gasteiger partial charge >= 0.3 is 0 Å². The van der Waals surface area contributed by atoms with Crippen molar-refractivity contribution in [1.29, 1.82) is 0 Å². The van der Waals surface area contributed by atoms with Crippen LogP contribution in [0.25, 0.3) is 0 Å². The van der Waals surface area contributed by atoms with Crippen LogP contribution in [0.5, 0.6) is 17.2 Å². The number of nitrogens with one attached hydrogen (secondary N) is 1. The molecule has 0 aromatic heterocycles. The van der Waals surface area contributed by atoms with Gasteiger partial charge in [0.25, 0.3) is 5.91 Å². The lowest BCUT2D eigenvalue weighted by atomic mass is 9.94. The smallest absolute Gasteiger partial charge is 0.254 e. The molecule has 1 aromatic carbocycles. The van der Waals surface area contributed by atoms with Gasteiger partial charge in [-0.2, -0.15) is 0 Å². The zero-order valence-electron chi connectivity index (χ0n) is 17.0. The van der Waals surface area contributed by atoms with Crippen LogP contribution in [0.3, 0.4) is 0 Å². The Kier molecular flexibility index (Phi) is 6.57. The molecule has 0 radical (unpaired) electrons. The highest BCUT2D eigenvalue weighted by molar-refractivity contribution is 5.95. The first-order valence-electron chi connectivity index (χ1n) is 9.11. The number of piperidine rings is 1. The van der Waals surface area contributed by atoms with Crippen LogP contribution in [0.4, 0.5) is 0 Å². The van der Waals surface area contributed by atoms with Crippen molar-refractivity contribution in [2.24, 2.45) is 5.41 Å². The standard InChI is InChI=1S/C20H30N2O5/c1-20(2,3)19(24)21-14-7-9-22(10-8-14)18(23)13-11-15(25-4)17(27-6)16(12-13)26-5/h11-12,14H,7-10H2,1-6H3,(H,21,24). The van der Waals surface area contributed by atoms with Crippen molar-refractivity contribution in [1.82, 2.24) is 10.2 Å². The number of methoxy groups -OCH3 is 3. The Morgan fingerprint density at radius 3 is 1.93 bits per heavy atom. The van der Waals surface area contributed by atoms with E-state index in [0.29, 0.717) is 35.9 Å². The minimum atomic E-state index is -0.414. The van der Waals surface area contributed by atoms with Gasteiger partial charge in [-0.25, -0.2) is 0 Å². The molecular weight excluding hydrogens is 348 g/mol. The molecule has 2 amide bonds. The second-order valence-corrected chi connectivity index (χ2v) is 7.70. The lowest BCUT2D eigenvalue weighted by Gasteiger charge is -2.34. The third-order valence-corrected chi connectivity index (χ3v) is 4.71. The van der Waals surface area contributed by atoms with E-state index < -0.39 is 5.41 Å². The molecule has 1 fully saturated rings. The molecule has 1 N–H and O–H groups in total. The van der Waals surface area contributed by atoms with Crippen LogP contribution in [0, 0.1) is 5.41 Å². The van der Waals surface area contributed by atoms with E-state index in [9.17, 15) is 9.59 Å².